The van der Waals surface area contributed by atoms with Crippen molar-refractivity contribution in [1.29, 1.82) is 0 Å². The van der Waals surface area contributed by atoms with Crippen molar-refractivity contribution in [2.75, 3.05) is 7.11 Å². The molecule has 0 spiro atoms. The third kappa shape index (κ3) is 4.68. The molecule has 0 amide bonds. The van der Waals surface area contributed by atoms with Crippen LogP contribution in [0.3, 0.4) is 0 Å². The van der Waals surface area contributed by atoms with Gasteiger partial charge in [0.15, 0.2) is 11.5 Å². The van der Waals surface area contributed by atoms with E-state index in [9.17, 15) is 0 Å². The smallest absolute Gasteiger partial charge is 0.216 e. The van der Waals surface area contributed by atoms with Gasteiger partial charge in [0.2, 0.25) is 4.77 Å². The zero-order valence-corrected chi connectivity index (χ0v) is 16.9. The molecule has 0 aliphatic heterocycles. The van der Waals surface area contributed by atoms with Gasteiger partial charge in [-0.1, -0.05) is 29.3 Å². The molecule has 140 valence electrons. The molecule has 0 saturated carbocycles. The standard InChI is InChI=1S/C18H16Cl2N4O2S/c1-11-22-23-18(27)24(11)21-9-12-3-6-16(17(7-12)25-2)26-10-13-4-5-14(19)8-15(13)20/h3-9H,10H2,1-2H3,(H,23,27)/b21-9-. The van der Waals surface area contributed by atoms with E-state index in [1.807, 2.05) is 31.2 Å². The fourth-order valence-corrected chi connectivity index (χ4v) is 3.00. The minimum atomic E-state index is 0.295. The molecule has 0 unspecified atom stereocenters. The third-order valence-corrected chi connectivity index (χ3v) is 4.57. The Morgan fingerprint density at radius 1 is 1.22 bits per heavy atom. The van der Waals surface area contributed by atoms with Crippen molar-refractivity contribution in [2.24, 2.45) is 5.10 Å². The van der Waals surface area contributed by atoms with Gasteiger partial charge in [-0.2, -0.15) is 14.9 Å². The summed E-state index contributed by atoms with van der Waals surface area (Å²) >= 11 is 17.2. The molecule has 9 heteroatoms. The molecule has 3 aromatic rings. The highest BCUT2D eigenvalue weighted by molar-refractivity contribution is 7.71. The maximum atomic E-state index is 6.18. The summed E-state index contributed by atoms with van der Waals surface area (Å²) in [7, 11) is 1.58. The van der Waals surface area contributed by atoms with Gasteiger partial charge >= 0.3 is 0 Å². The fourth-order valence-electron chi connectivity index (χ4n) is 2.31. The quantitative estimate of drug-likeness (QED) is 0.447. The minimum Gasteiger partial charge on any atom is -0.493 e. The number of hydrogen-bond donors (Lipinski definition) is 1. The number of aromatic nitrogens is 3. The van der Waals surface area contributed by atoms with Crippen molar-refractivity contribution in [1.82, 2.24) is 14.9 Å². The van der Waals surface area contributed by atoms with Crippen molar-refractivity contribution >= 4 is 41.6 Å². The van der Waals surface area contributed by atoms with E-state index in [1.54, 1.807) is 25.5 Å². The summed E-state index contributed by atoms with van der Waals surface area (Å²) in [6.45, 7) is 2.10. The highest BCUT2D eigenvalue weighted by Gasteiger charge is 2.08. The molecular formula is C18H16Cl2N4O2S. The predicted molar refractivity (Wildman–Crippen MR) is 109 cm³/mol. The van der Waals surface area contributed by atoms with Gasteiger partial charge in [-0.05, 0) is 55.0 Å². The summed E-state index contributed by atoms with van der Waals surface area (Å²) in [6, 6.07) is 10.8. The summed E-state index contributed by atoms with van der Waals surface area (Å²) in [5.41, 5.74) is 1.66. The van der Waals surface area contributed by atoms with Gasteiger partial charge in [0.25, 0.3) is 0 Å². The van der Waals surface area contributed by atoms with E-state index >= 15 is 0 Å². The zero-order valence-electron chi connectivity index (χ0n) is 14.6. The number of nitrogens with zero attached hydrogens (tertiary/aromatic N) is 3. The molecule has 0 atom stereocenters. The van der Waals surface area contributed by atoms with Crippen molar-refractivity contribution in [3.63, 3.8) is 0 Å². The Hall–Kier alpha value is -2.35. The number of nitrogens with one attached hydrogen (secondary N) is 1. The summed E-state index contributed by atoms with van der Waals surface area (Å²) < 4.78 is 13.2. The Morgan fingerprint density at radius 2 is 2.04 bits per heavy atom. The van der Waals surface area contributed by atoms with Crippen LogP contribution in [-0.2, 0) is 6.61 Å². The van der Waals surface area contributed by atoms with Crippen LogP contribution in [0.4, 0.5) is 0 Å². The first-order valence-corrected chi connectivity index (χ1v) is 9.07. The molecule has 3 rings (SSSR count). The summed E-state index contributed by atoms with van der Waals surface area (Å²) in [4.78, 5) is 0. The number of hydrogen-bond acceptors (Lipinski definition) is 5. The lowest BCUT2D eigenvalue weighted by Gasteiger charge is -2.12. The number of methoxy groups -OCH3 is 1. The van der Waals surface area contributed by atoms with Gasteiger partial charge in [-0.25, -0.2) is 0 Å². The minimum absolute atomic E-state index is 0.295. The van der Waals surface area contributed by atoms with E-state index in [1.165, 1.54) is 4.68 Å². The first-order chi connectivity index (χ1) is 13.0. The number of ether oxygens (including phenoxy) is 2. The Balaban J connectivity index is 1.77. The van der Waals surface area contributed by atoms with Gasteiger partial charge in [-0.15, -0.1) is 0 Å². The van der Waals surface area contributed by atoms with Gasteiger partial charge in [-0.3, -0.25) is 5.10 Å². The molecule has 1 heterocycles. The molecule has 2 aromatic carbocycles. The van der Waals surface area contributed by atoms with Crippen molar-refractivity contribution in [3.05, 3.63) is 68.2 Å². The molecule has 0 aliphatic carbocycles. The van der Waals surface area contributed by atoms with E-state index in [0.29, 0.717) is 38.7 Å². The largest absolute Gasteiger partial charge is 0.493 e. The number of rotatable bonds is 6. The van der Waals surface area contributed by atoms with E-state index in [2.05, 4.69) is 15.3 Å². The highest BCUT2D eigenvalue weighted by atomic mass is 35.5. The number of aromatic amines is 1. The third-order valence-electron chi connectivity index (χ3n) is 3.72. The molecular weight excluding hydrogens is 407 g/mol. The van der Waals surface area contributed by atoms with Crippen LogP contribution >= 0.6 is 35.4 Å². The Morgan fingerprint density at radius 3 is 2.70 bits per heavy atom. The molecule has 6 nitrogen and oxygen atoms in total. The summed E-state index contributed by atoms with van der Waals surface area (Å²) in [5.74, 6) is 1.84. The molecule has 0 saturated heterocycles. The Bertz CT molecular complexity index is 1050. The van der Waals surface area contributed by atoms with Crippen molar-refractivity contribution < 1.29 is 9.47 Å². The SMILES string of the molecule is COc1cc(/C=N\n2c(C)n[nH]c2=S)ccc1OCc1ccc(Cl)cc1Cl. The monoisotopic (exact) mass is 422 g/mol. The predicted octanol–water partition coefficient (Wildman–Crippen LogP) is 5.03. The molecule has 0 radical (unpaired) electrons. The van der Waals surface area contributed by atoms with Crippen LogP contribution in [0.5, 0.6) is 11.5 Å². The van der Waals surface area contributed by atoms with Crippen LogP contribution in [0.1, 0.15) is 17.0 Å². The van der Waals surface area contributed by atoms with E-state index in [4.69, 9.17) is 44.9 Å². The average Bonchev–Trinajstić information content (AvgIpc) is 2.97. The van der Waals surface area contributed by atoms with Gasteiger partial charge in [0, 0.05) is 15.6 Å². The second-order valence-electron chi connectivity index (χ2n) is 5.57. The van der Waals surface area contributed by atoms with E-state index in [0.717, 1.165) is 11.1 Å². The second-order valence-corrected chi connectivity index (χ2v) is 6.80. The van der Waals surface area contributed by atoms with Crippen LogP contribution < -0.4 is 9.47 Å². The lowest BCUT2D eigenvalue weighted by molar-refractivity contribution is 0.284. The first kappa shape index (κ1) is 19.4. The van der Waals surface area contributed by atoms with Crippen LogP contribution in [0.25, 0.3) is 0 Å². The van der Waals surface area contributed by atoms with Crippen molar-refractivity contribution in [3.8, 4) is 11.5 Å². The van der Waals surface area contributed by atoms with E-state index in [-0.39, 0.29) is 0 Å². The molecule has 27 heavy (non-hydrogen) atoms. The molecule has 1 aromatic heterocycles. The lowest BCUT2D eigenvalue weighted by Crippen LogP contribution is -1.99. The van der Waals surface area contributed by atoms with Gasteiger partial charge in [0.1, 0.15) is 12.4 Å². The Kier molecular flexibility index (Phi) is 6.15. The lowest BCUT2D eigenvalue weighted by atomic mass is 10.2. The van der Waals surface area contributed by atoms with Crippen LogP contribution in [0.2, 0.25) is 10.0 Å². The highest BCUT2D eigenvalue weighted by Crippen LogP contribution is 2.29. The normalized spacial score (nSPS) is 11.1. The second kappa shape index (κ2) is 8.56. The molecule has 0 fully saturated rings. The molecule has 0 aliphatic rings. The van der Waals surface area contributed by atoms with Crippen LogP contribution in [-0.4, -0.2) is 28.2 Å². The maximum Gasteiger partial charge on any atom is 0.216 e. The summed E-state index contributed by atoms with van der Waals surface area (Å²) in [6.07, 6.45) is 1.67. The van der Waals surface area contributed by atoms with Crippen LogP contribution in [0, 0.1) is 11.7 Å². The topological polar surface area (TPSA) is 64.4 Å². The Labute approximate surface area is 171 Å². The average molecular weight is 423 g/mol. The first-order valence-electron chi connectivity index (χ1n) is 7.91. The van der Waals surface area contributed by atoms with E-state index < -0.39 is 0 Å². The number of halogens is 2. The molecule has 1 N–H and O–H groups in total. The van der Waals surface area contributed by atoms with Crippen molar-refractivity contribution in [2.45, 2.75) is 13.5 Å². The number of H-pyrrole nitrogens is 1. The maximum absolute atomic E-state index is 6.18. The van der Waals surface area contributed by atoms with Crippen LogP contribution in [0.15, 0.2) is 41.5 Å². The van der Waals surface area contributed by atoms with Gasteiger partial charge < -0.3 is 9.47 Å². The number of aryl methyl sites for hydroxylation is 1. The van der Waals surface area contributed by atoms with Gasteiger partial charge in [0.05, 0.1) is 13.3 Å². The summed E-state index contributed by atoms with van der Waals surface area (Å²) in [5, 5.41) is 12.1. The number of benzene rings is 2. The molecule has 0 bridgehead atoms. The zero-order chi connectivity index (χ0) is 19.4. The fraction of sp³-hybridized carbons (Fsp3) is 0.167.